The molecule has 0 fully saturated rings. The summed E-state index contributed by atoms with van der Waals surface area (Å²) in [6.07, 6.45) is 0. The van der Waals surface area contributed by atoms with Crippen LogP contribution in [0.5, 0.6) is 0 Å². The summed E-state index contributed by atoms with van der Waals surface area (Å²) >= 11 is 0. The zero-order valence-electron chi connectivity index (χ0n) is 28.2. The van der Waals surface area contributed by atoms with Crippen molar-refractivity contribution in [2.45, 2.75) is 0 Å². The molecule has 0 amide bonds. The standard InChI is InChI=1S/C38H24/c1-2-10-25(11-3-1)37-32-17-7-6-14-29(32)23-31-16-9-19-34(38(31)37)33-18-8-15-26-20-21-30-22-27-12-4-5-13-28(27)24-35(30)36(26)33/h1-24H/i6D,7D,9D,14D,16D,17D,19D,23D. The van der Waals surface area contributed by atoms with E-state index in [2.05, 4.69) is 30.3 Å². The van der Waals surface area contributed by atoms with E-state index in [9.17, 15) is 2.74 Å². The third-order valence-electron chi connectivity index (χ3n) is 7.37. The lowest BCUT2D eigenvalue weighted by Gasteiger charge is -2.18. The molecule has 8 rings (SSSR count). The van der Waals surface area contributed by atoms with E-state index in [1.54, 1.807) is 0 Å². The highest BCUT2D eigenvalue weighted by Crippen LogP contribution is 2.44. The van der Waals surface area contributed by atoms with Crippen LogP contribution in [-0.4, -0.2) is 0 Å². The maximum absolute atomic E-state index is 9.36. The summed E-state index contributed by atoms with van der Waals surface area (Å²) in [5.74, 6) is 0. The molecule has 0 nitrogen and oxygen atoms in total. The molecule has 0 spiro atoms. The minimum absolute atomic E-state index is 0.0104. The van der Waals surface area contributed by atoms with Crippen molar-refractivity contribution in [2.75, 3.05) is 0 Å². The Hall–Kier alpha value is -4.94. The predicted molar refractivity (Wildman–Crippen MR) is 165 cm³/mol. The molecule has 0 heteroatoms. The lowest BCUT2D eigenvalue weighted by molar-refractivity contribution is 1.66. The number of fused-ring (bicyclic) bond motifs is 6. The molecule has 176 valence electrons. The van der Waals surface area contributed by atoms with E-state index in [1.165, 1.54) is 0 Å². The first-order chi connectivity index (χ1) is 22.2. The van der Waals surface area contributed by atoms with Gasteiger partial charge in [-0.15, -0.1) is 0 Å². The van der Waals surface area contributed by atoms with Gasteiger partial charge < -0.3 is 0 Å². The van der Waals surface area contributed by atoms with E-state index in [1.807, 2.05) is 66.7 Å². The molecule has 0 aliphatic rings. The molecule has 8 aromatic rings. The van der Waals surface area contributed by atoms with Gasteiger partial charge in [0.25, 0.3) is 0 Å². The van der Waals surface area contributed by atoms with Gasteiger partial charge in [0.1, 0.15) is 0 Å². The summed E-state index contributed by atoms with van der Waals surface area (Å²) in [5, 5.41) is 6.46. The Morgan fingerprint density at radius 1 is 0.421 bits per heavy atom. The SMILES string of the molecule is [2H]c1c([2H])c([2H])c2c(-c3ccccc3)c3c(-c4cccc5ccc6cc7ccccc7cc6c45)c([2H])c([2H])c([2H])c3c([2H])c2c1[2H]. The lowest BCUT2D eigenvalue weighted by atomic mass is 9.85. The van der Waals surface area contributed by atoms with Crippen molar-refractivity contribution in [1.82, 2.24) is 0 Å². The van der Waals surface area contributed by atoms with Gasteiger partial charge in [0, 0.05) is 0 Å². The molecule has 0 radical (unpaired) electrons. The van der Waals surface area contributed by atoms with Crippen molar-refractivity contribution in [1.29, 1.82) is 0 Å². The molecule has 0 heterocycles. The van der Waals surface area contributed by atoms with Crippen LogP contribution in [0, 0.1) is 0 Å². The van der Waals surface area contributed by atoms with Crippen LogP contribution in [0.15, 0.2) is 145 Å². The Balaban J connectivity index is 1.69. The fourth-order valence-corrected chi connectivity index (χ4v) is 5.70. The van der Waals surface area contributed by atoms with Crippen LogP contribution in [0.25, 0.3) is 76.1 Å². The molecule has 0 unspecified atom stereocenters. The first kappa shape index (κ1) is 14.7. The third-order valence-corrected chi connectivity index (χ3v) is 7.37. The highest BCUT2D eigenvalue weighted by atomic mass is 14.2. The number of hydrogen-bond donors (Lipinski definition) is 0. The highest BCUT2D eigenvalue weighted by Gasteiger charge is 2.16. The van der Waals surface area contributed by atoms with E-state index in [0.717, 1.165) is 32.3 Å². The van der Waals surface area contributed by atoms with Gasteiger partial charge in [-0.1, -0.05) is 127 Å². The van der Waals surface area contributed by atoms with Crippen LogP contribution in [0.2, 0.25) is 0 Å². The average molecular weight is 489 g/mol. The molecule has 8 aromatic carbocycles. The molecular formula is C38H24. The minimum atomic E-state index is -0.466. The molecule has 38 heavy (non-hydrogen) atoms. The van der Waals surface area contributed by atoms with Crippen LogP contribution in [-0.2, 0) is 0 Å². The fraction of sp³-hybridized carbons (Fsp3) is 0. The summed E-state index contributed by atoms with van der Waals surface area (Å²) in [7, 11) is 0. The van der Waals surface area contributed by atoms with Crippen LogP contribution in [0.4, 0.5) is 0 Å². The largest absolute Gasteiger partial charge is 0.0636 e. The summed E-state index contributed by atoms with van der Waals surface area (Å²) in [5.41, 5.74) is 2.03. The molecular weight excluding hydrogens is 456 g/mol. The van der Waals surface area contributed by atoms with Gasteiger partial charge in [-0.2, -0.15) is 0 Å². The Bertz CT molecular complexity index is 2610. The monoisotopic (exact) mass is 488 g/mol. The van der Waals surface area contributed by atoms with Gasteiger partial charge in [0.05, 0.1) is 11.0 Å². The first-order valence-corrected chi connectivity index (χ1v) is 12.5. The average Bonchev–Trinajstić information content (AvgIpc) is 3.08. The molecule has 0 saturated heterocycles. The topological polar surface area (TPSA) is 0 Å². The van der Waals surface area contributed by atoms with E-state index >= 15 is 0 Å². The van der Waals surface area contributed by atoms with Crippen molar-refractivity contribution in [3.63, 3.8) is 0 Å². The highest BCUT2D eigenvalue weighted by molar-refractivity contribution is 6.23. The normalized spacial score (nSPS) is 14.6. The minimum Gasteiger partial charge on any atom is -0.0622 e. The number of hydrogen-bond acceptors (Lipinski definition) is 0. The van der Waals surface area contributed by atoms with E-state index < -0.39 is 12.1 Å². The summed E-state index contributed by atoms with van der Waals surface area (Å²) in [6.45, 7) is 0. The van der Waals surface area contributed by atoms with Crippen molar-refractivity contribution in [3.05, 3.63) is 145 Å². The van der Waals surface area contributed by atoms with Crippen molar-refractivity contribution in [3.8, 4) is 22.3 Å². The molecule has 0 aromatic heterocycles. The molecule has 0 atom stereocenters. The second-order valence-corrected chi connectivity index (χ2v) is 9.51. The Labute approximate surface area is 232 Å². The maximum Gasteiger partial charge on any atom is 0.0636 e. The second-order valence-electron chi connectivity index (χ2n) is 9.51. The molecule has 0 N–H and O–H groups in total. The summed E-state index contributed by atoms with van der Waals surface area (Å²) < 4.78 is 71.4. The molecule has 0 aliphatic carbocycles. The lowest BCUT2D eigenvalue weighted by Crippen LogP contribution is -1.90. The van der Waals surface area contributed by atoms with Crippen LogP contribution in [0.1, 0.15) is 11.0 Å². The predicted octanol–water partition coefficient (Wildman–Crippen LogP) is 10.8. The zero-order valence-corrected chi connectivity index (χ0v) is 20.2. The van der Waals surface area contributed by atoms with Gasteiger partial charge in [-0.25, -0.2) is 0 Å². The van der Waals surface area contributed by atoms with Gasteiger partial charge in [-0.05, 0) is 94.3 Å². The van der Waals surface area contributed by atoms with E-state index in [0.29, 0.717) is 27.6 Å². The van der Waals surface area contributed by atoms with Crippen LogP contribution in [0.3, 0.4) is 0 Å². The van der Waals surface area contributed by atoms with Crippen LogP contribution < -0.4 is 0 Å². The van der Waals surface area contributed by atoms with Gasteiger partial charge in [0.2, 0.25) is 0 Å². The van der Waals surface area contributed by atoms with Gasteiger partial charge in [-0.3, -0.25) is 0 Å². The van der Waals surface area contributed by atoms with Crippen molar-refractivity contribution in [2.24, 2.45) is 0 Å². The number of benzene rings is 8. The molecule has 0 saturated carbocycles. The van der Waals surface area contributed by atoms with E-state index in [-0.39, 0.29) is 52.4 Å². The Morgan fingerprint density at radius 2 is 1.16 bits per heavy atom. The smallest absolute Gasteiger partial charge is 0.0622 e. The van der Waals surface area contributed by atoms with Gasteiger partial charge in [0.15, 0.2) is 0 Å². The van der Waals surface area contributed by atoms with Gasteiger partial charge >= 0.3 is 0 Å². The maximum atomic E-state index is 9.36. The zero-order chi connectivity index (χ0) is 32.0. The quantitative estimate of drug-likeness (QED) is 0.168. The first-order valence-electron chi connectivity index (χ1n) is 16.5. The molecule has 0 aliphatic heterocycles. The third kappa shape index (κ3) is 3.17. The fourth-order valence-electron chi connectivity index (χ4n) is 5.70. The Kier molecular flexibility index (Phi) is 3.21. The summed E-state index contributed by atoms with van der Waals surface area (Å²) in [6, 6.07) is 28.7. The van der Waals surface area contributed by atoms with Crippen LogP contribution >= 0.6 is 0 Å². The molecule has 0 bridgehead atoms. The van der Waals surface area contributed by atoms with Crippen molar-refractivity contribution < 1.29 is 11.0 Å². The van der Waals surface area contributed by atoms with E-state index in [4.69, 9.17) is 8.22 Å². The Morgan fingerprint density at radius 3 is 2.05 bits per heavy atom. The number of rotatable bonds is 2. The summed E-state index contributed by atoms with van der Waals surface area (Å²) in [4.78, 5) is 0. The van der Waals surface area contributed by atoms with Crippen molar-refractivity contribution >= 4 is 53.9 Å². The second kappa shape index (κ2) is 8.30.